The molecule has 1 heterocycles. The maximum Gasteiger partial charge on any atom is 0.0550 e. The summed E-state index contributed by atoms with van der Waals surface area (Å²) >= 11 is 1.56. The normalized spacial score (nSPS) is 12.2. The van der Waals surface area contributed by atoms with E-state index in [0.29, 0.717) is 0 Å². The number of fused-ring (bicyclic) bond motifs is 1. The largest absolute Gasteiger partial charge is 0.200 e. The van der Waals surface area contributed by atoms with Gasteiger partial charge in [0.2, 0.25) is 0 Å². The van der Waals surface area contributed by atoms with Crippen molar-refractivity contribution in [3.63, 3.8) is 0 Å². The predicted molar refractivity (Wildman–Crippen MR) is 58.3 cm³/mol. The highest BCUT2D eigenvalue weighted by atomic mass is 32.1. The van der Waals surface area contributed by atoms with Crippen molar-refractivity contribution in [1.29, 1.82) is 0 Å². The molecule has 0 saturated carbocycles. The van der Waals surface area contributed by atoms with Crippen molar-refractivity contribution < 1.29 is 0 Å². The van der Waals surface area contributed by atoms with Crippen LogP contribution in [0.3, 0.4) is 0 Å². The average molecular weight is 191 g/mol. The summed E-state index contributed by atoms with van der Waals surface area (Å²) in [6, 6.07) is 6.59. The van der Waals surface area contributed by atoms with Crippen molar-refractivity contribution in [2.24, 2.45) is 0 Å². The highest BCUT2D eigenvalue weighted by Crippen LogP contribution is 2.27. The molecule has 0 radical (unpaired) electrons. The van der Waals surface area contributed by atoms with E-state index in [2.05, 4.69) is 43.3 Å². The van der Waals surface area contributed by atoms with Crippen molar-refractivity contribution in [2.75, 3.05) is 0 Å². The first-order valence-electron chi connectivity index (χ1n) is 4.42. The van der Waals surface area contributed by atoms with Gasteiger partial charge in [0.15, 0.2) is 0 Å². The molecule has 13 heavy (non-hydrogen) atoms. The number of nitrogens with zero attached hydrogens (tertiary/aromatic N) is 1. The molecule has 0 fully saturated rings. The quantitative estimate of drug-likeness (QED) is 0.620. The molecular formula is C11H13NS. The number of hydrogen-bond donors (Lipinski definition) is 0. The van der Waals surface area contributed by atoms with Gasteiger partial charge >= 0.3 is 0 Å². The van der Waals surface area contributed by atoms with E-state index in [4.69, 9.17) is 0 Å². The van der Waals surface area contributed by atoms with Crippen LogP contribution in [0.2, 0.25) is 0 Å². The summed E-state index contributed by atoms with van der Waals surface area (Å²) in [5.74, 6) is 0. The van der Waals surface area contributed by atoms with E-state index in [0.717, 1.165) is 0 Å². The number of benzene rings is 1. The molecule has 68 valence electrons. The molecule has 0 spiro atoms. The zero-order chi connectivity index (χ0) is 9.47. The number of hydrogen-bond acceptors (Lipinski definition) is 2. The standard InChI is InChI=1S/C11H13NS/c1-11(2,3)9-4-5-10-8(6-9)7-12-13-10/h4-7H,1-3H3. The van der Waals surface area contributed by atoms with E-state index in [1.807, 2.05) is 6.20 Å². The molecular weight excluding hydrogens is 178 g/mol. The maximum atomic E-state index is 4.17. The highest BCUT2D eigenvalue weighted by molar-refractivity contribution is 7.13. The second-order valence-electron chi connectivity index (χ2n) is 4.33. The van der Waals surface area contributed by atoms with Crippen LogP contribution in [0.4, 0.5) is 0 Å². The molecule has 1 nitrogen and oxygen atoms in total. The van der Waals surface area contributed by atoms with Crippen LogP contribution in [0.15, 0.2) is 24.4 Å². The third kappa shape index (κ3) is 1.59. The predicted octanol–water partition coefficient (Wildman–Crippen LogP) is 3.59. The summed E-state index contributed by atoms with van der Waals surface area (Å²) in [6.45, 7) is 6.69. The van der Waals surface area contributed by atoms with Crippen LogP contribution in [0, 0.1) is 0 Å². The van der Waals surface area contributed by atoms with E-state index >= 15 is 0 Å². The summed E-state index contributed by atoms with van der Waals surface area (Å²) in [7, 11) is 0. The van der Waals surface area contributed by atoms with E-state index in [1.54, 1.807) is 11.5 Å². The lowest BCUT2D eigenvalue weighted by Gasteiger charge is -2.18. The molecule has 2 heteroatoms. The maximum absolute atomic E-state index is 4.17. The number of rotatable bonds is 0. The average Bonchev–Trinajstić information content (AvgIpc) is 2.47. The van der Waals surface area contributed by atoms with Crippen molar-refractivity contribution >= 4 is 21.6 Å². The second kappa shape index (κ2) is 2.81. The van der Waals surface area contributed by atoms with Crippen LogP contribution in [0.25, 0.3) is 10.1 Å². The zero-order valence-corrected chi connectivity index (χ0v) is 8.98. The van der Waals surface area contributed by atoms with Crippen LogP contribution in [0.5, 0.6) is 0 Å². The summed E-state index contributed by atoms with van der Waals surface area (Å²) in [6.07, 6.45) is 1.94. The fourth-order valence-electron chi connectivity index (χ4n) is 1.34. The van der Waals surface area contributed by atoms with Gasteiger partial charge in [0, 0.05) is 11.6 Å². The molecule has 1 aromatic carbocycles. The Morgan fingerprint density at radius 3 is 2.69 bits per heavy atom. The van der Waals surface area contributed by atoms with Crippen LogP contribution in [-0.4, -0.2) is 4.37 Å². The molecule has 0 bridgehead atoms. The van der Waals surface area contributed by atoms with Crippen molar-refractivity contribution in [3.05, 3.63) is 30.0 Å². The lowest BCUT2D eigenvalue weighted by molar-refractivity contribution is 0.591. The monoisotopic (exact) mass is 191 g/mol. The third-order valence-corrected chi connectivity index (χ3v) is 3.00. The van der Waals surface area contributed by atoms with Crippen molar-refractivity contribution in [1.82, 2.24) is 4.37 Å². The van der Waals surface area contributed by atoms with Crippen LogP contribution in [-0.2, 0) is 5.41 Å². The minimum atomic E-state index is 0.232. The van der Waals surface area contributed by atoms with E-state index in [1.165, 1.54) is 15.6 Å². The molecule has 0 aliphatic rings. The number of aromatic nitrogens is 1. The molecule has 2 aromatic rings. The molecule has 0 aliphatic carbocycles. The molecule has 0 atom stereocenters. The Morgan fingerprint density at radius 1 is 1.23 bits per heavy atom. The van der Waals surface area contributed by atoms with Crippen molar-refractivity contribution in [3.8, 4) is 0 Å². The van der Waals surface area contributed by atoms with Gasteiger partial charge in [-0.2, -0.15) is 4.37 Å². The molecule has 1 aromatic heterocycles. The van der Waals surface area contributed by atoms with Gasteiger partial charge in [0.1, 0.15) is 0 Å². The minimum Gasteiger partial charge on any atom is -0.200 e. The molecule has 0 unspecified atom stereocenters. The first kappa shape index (κ1) is 8.70. The highest BCUT2D eigenvalue weighted by Gasteiger charge is 2.13. The van der Waals surface area contributed by atoms with Gasteiger partial charge in [-0.3, -0.25) is 0 Å². The van der Waals surface area contributed by atoms with E-state index in [-0.39, 0.29) is 5.41 Å². The van der Waals surface area contributed by atoms with Crippen LogP contribution < -0.4 is 0 Å². The van der Waals surface area contributed by atoms with Gasteiger partial charge in [0.25, 0.3) is 0 Å². The summed E-state index contributed by atoms with van der Waals surface area (Å²) in [4.78, 5) is 0. The van der Waals surface area contributed by atoms with Gasteiger partial charge in [-0.15, -0.1) is 0 Å². The Morgan fingerprint density at radius 2 is 2.00 bits per heavy atom. The van der Waals surface area contributed by atoms with Crippen LogP contribution in [0.1, 0.15) is 26.3 Å². The van der Waals surface area contributed by atoms with Crippen molar-refractivity contribution in [2.45, 2.75) is 26.2 Å². The second-order valence-corrected chi connectivity index (χ2v) is 5.16. The van der Waals surface area contributed by atoms with Gasteiger partial charge in [-0.25, -0.2) is 0 Å². The van der Waals surface area contributed by atoms with Gasteiger partial charge < -0.3 is 0 Å². The Hall–Kier alpha value is -0.890. The van der Waals surface area contributed by atoms with Gasteiger partial charge in [-0.05, 0) is 34.6 Å². The summed E-state index contributed by atoms with van der Waals surface area (Å²) in [5, 5.41) is 1.26. The molecule has 2 rings (SSSR count). The summed E-state index contributed by atoms with van der Waals surface area (Å²) in [5.41, 5.74) is 1.61. The molecule has 0 N–H and O–H groups in total. The first-order chi connectivity index (χ1) is 6.07. The Kier molecular flexibility index (Phi) is 1.88. The topological polar surface area (TPSA) is 12.9 Å². The fourth-order valence-corrected chi connectivity index (χ4v) is 1.96. The zero-order valence-electron chi connectivity index (χ0n) is 8.16. The first-order valence-corrected chi connectivity index (χ1v) is 5.20. The molecule has 0 saturated heterocycles. The van der Waals surface area contributed by atoms with E-state index in [9.17, 15) is 0 Å². The fraction of sp³-hybridized carbons (Fsp3) is 0.364. The summed E-state index contributed by atoms with van der Waals surface area (Å²) < 4.78 is 5.44. The lowest BCUT2D eigenvalue weighted by Crippen LogP contribution is -2.10. The SMILES string of the molecule is CC(C)(C)c1ccc2sncc2c1. The minimum absolute atomic E-state index is 0.232. The van der Waals surface area contributed by atoms with E-state index < -0.39 is 0 Å². The smallest absolute Gasteiger partial charge is 0.0550 e. The third-order valence-electron chi connectivity index (χ3n) is 2.22. The molecule has 0 amide bonds. The Balaban J connectivity index is 2.61. The molecule has 0 aliphatic heterocycles. The van der Waals surface area contributed by atoms with Crippen LogP contribution >= 0.6 is 11.5 Å². The van der Waals surface area contributed by atoms with Gasteiger partial charge in [-0.1, -0.05) is 26.8 Å². The van der Waals surface area contributed by atoms with Gasteiger partial charge in [0.05, 0.1) is 4.70 Å². The Bertz CT molecular complexity index is 423. The Labute approximate surface area is 82.6 Å². The lowest BCUT2D eigenvalue weighted by atomic mass is 9.87.